The minimum atomic E-state index is 1.10. The Kier molecular flexibility index (Phi) is 2.78. The monoisotopic (exact) mass is 131 g/mol. The molecule has 1 unspecified atom stereocenters. The van der Waals surface area contributed by atoms with Crippen LogP contribution in [0.15, 0.2) is 0 Å². The van der Waals surface area contributed by atoms with Crippen LogP contribution in [-0.4, -0.2) is 6.54 Å². The van der Waals surface area contributed by atoms with Crippen molar-refractivity contribution in [3.05, 3.63) is 0 Å². The summed E-state index contributed by atoms with van der Waals surface area (Å²) in [5, 5.41) is 3.07. The van der Waals surface area contributed by atoms with Crippen LogP contribution >= 0.6 is 9.39 Å². The minimum Gasteiger partial charge on any atom is -0.301 e. The van der Waals surface area contributed by atoms with Gasteiger partial charge in [0, 0.05) is 0 Å². The first kappa shape index (κ1) is 6.51. The normalized spacial score (nSPS) is 19.1. The Morgan fingerprint density at radius 1 is 1.50 bits per heavy atom. The average molecular weight is 131 g/mol. The van der Waals surface area contributed by atoms with Crippen molar-refractivity contribution in [1.29, 1.82) is 0 Å². The third-order valence-electron chi connectivity index (χ3n) is 1.63. The standard InChI is InChI=1S/C6H14NP/c8-7-5-1-2-6-3-4-6/h6-7H,1-5,8H2. The molecule has 0 radical (unpaired) electrons. The molecule has 0 aliphatic heterocycles. The molecule has 2 heteroatoms. The van der Waals surface area contributed by atoms with Gasteiger partial charge >= 0.3 is 0 Å². The SMILES string of the molecule is PNCCCC1CC1. The van der Waals surface area contributed by atoms with E-state index in [1.165, 1.54) is 32.2 Å². The zero-order valence-electron chi connectivity index (χ0n) is 5.19. The van der Waals surface area contributed by atoms with Gasteiger partial charge in [-0.3, -0.25) is 0 Å². The van der Waals surface area contributed by atoms with Gasteiger partial charge in [0.25, 0.3) is 0 Å². The van der Waals surface area contributed by atoms with Crippen LogP contribution in [0.1, 0.15) is 25.7 Å². The lowest BCUT2D eigenvalue weighted by Gasteiger charge is -1.94. The van der Waals surface area contributed by atoms with Crippen molar-refractivity contribution in [1.82, 2.24) is 5.09 Å². The van der Waals surface area contributed by atoms with E-state index in [-0.39, 0.29) is 0 Å². The molecule has 1 saturated carbocycles. The molecular weight excluding hydrogens is 117 g/mol. The van der Waals surface area contributed by atoms with Gasteiger partial charge in [-0.25, -0.2) is 0 Å². The smallest absolute Gasteiger partial charge is 0.00143 e. The van der Waals surface area contributed by atoms with Crippen LogP contribution in [0.4, 0.5) is 0 Å². The summed E-state index contributed by atoms with van der Waals surface area (Å²) in [5.74, 6) is 1.10. The van der Waals surface area contributed by atoms with Crippen molar-refractivity contribution in [2.45, 2.75) is 25.7 Å². The van der Waals surface area contributed by atoms with Gasteiger partial charge in [0.1, 0.15) is 0 Å². The number of hydrogen-bond acceptors (Lipinski definition) is 1. The fourth-order valence-corrected chi connectivity index (χ4v) is 1.10. The van der Waals surface area contributed by atoms with Crippen molar-refractivity contribution in [2.75, 3.05) is 6.54 Å². The number of nitrogens with one attached hydrogen (secondary N) is 1. The summed E-state index contributed by atoms with van der Waals surface area (Å²) in [6.45, 7) is 1.17. The lowest BCUT2D eigenvalue weighted by Crippen LogP contribution is -1.99. The molecule has 1 rings (SSSR count). The average Bonchev–Trinajstić information content (AvgIpc) is 2.51. The Morgan fingerprint density at radius 2 is 2.25 bits per heavy atom. The van der Waals surface area contributed by atoms with Crippen molar-refractivity contribution < 1.29 is 0 Å². The summed E-state index contributed by atoms with van der Waals surface area (Å²) in [7, 11) is 2.53. The third-order valence-corrected chi connectivity index (χ3v) is 1.92. The van der Waals surface area contributed by atoms with Gasteiger partial charge in [0.15, 0.2) is 0 Å². The van der Waals surface area contributed by atoms with E-state index < -0.39 is 0 Å². The Morgan fingerprint density at radius 3 is 2.75 bits per heavy atom. The van der Waals surface area contributed by atoms with Gasteiger partial charge in [0.05, 0.1) is 0 Å². The van der Waals surface area contributed by atoms with Gasteiger partial charge in [-0.05, 0) is 25.3 Å². The summed E-state index contributed by atoms with van der Waals surface area (Å²) in [4.78, 5) is 0. The van der Waals surface area contributed by atoms with E-state index in [1.807, 2.05) is 0 Å². The van der Waals surface area contributed by atoms with Gasteiger partial charge in [0.2, 0.25) is 0 Å². The predicted octanol–water partition coefficient (Wildman–Crippen LogP) is 1.56. The fraction of sp³-hybridized carbons (Fsp3) is 1.00. The predicted molar refractivity (Wildman–Crippen MR) is 39.7 cm³/mol. The van der Waals surface area contributed by atoms with Crippen molar-refractivity contribution in [3.8, 4) is 0 Å². The zero-order chi connectivity index (χ0) is 5.82. The van der Waals surface area contributed by atoms with Crippen LogP contribution in [0.5, 0.6) is 0 Å². The van der Waals surface area contributed by atoms with Crippen molar-refractivity contribution in [2.24, 2.45) is 5.92 Å². The largest absolute Gasteiger partial charge is 0.301 e. The Bertz CT molecular complexity index is 61.5. The first-order valence-electron chi connectivity index (χ1n) is 3.37. The van der Waals surface area contributed by atoms with E-state index >= 15 is 0 Å². The van der Waals surface area contributed by atoms with E-state index in [1.54, 1.807) is 0 Å². The van der Waals surface area contributed by atoms with Gasteiger partial charge in [-0.15, -0.1) is 0 Å². The third kappa shape index (κ3) is 2.64. The first-order chi connectivity index (χ1) is 3.93. The highest BCUT2D eigenvalue weighted by atomic mass is 31.0. The fourth-order valence-electron chi connectivity index (χ4n) is 0.899. The second-order valence-electron chi connectivity index (χ2n) is 2.54. The molecule has 1 aliphatic rings. The van der Waals surface area contributed by atoms with Crippen LogP contribution in [0.25, 0.3) is 0 Å². The van der Waals surface area contributed by atoms with Crippen molar-refractivity contribution >= 4 is 9.39 Å². The molecule has 0 bridgehead atoms. The molecule has 1 nitrogen and oxygen atoms in total. The quantitative estimate of drug-likeness (QED) is 0.451. The summed E-state index contributed by atoms with van der Waals surface area (Å²) in [6, 6.07) is 0. The second kappa shape index (κ2) is 3.42. The molecule has 0 amide bonds. The molecular formula is C6H14NP. The molecule has 0 heterocycles. The highest BCUT2D eigenvalue weighted by Crippen LogP contribution is 2.33. The van der Waals surface area contributed by atoms with E-state index in [2.05, 4.69) is 14.5 Å². The van der Waals surface area contributed by atoms with Crippen LogP contribution in [0.3, 0.4) is 0 Å². The maximum Gasteiger partial charge on any atom is -0.00143 e. The van der Waals surface area contributed by atoms with E-state index in [4.69, 9.17) is 0 Å². The lowest BCUT2D eigenvalue weighted by atomic mass is 10.2. The van der Waals surface area contributed by atoms with Gasteiger partial charge < -0.3 is 5.09 Å². The van der Waals surface area contributed by atoms with Crippen LogP contribution in [0.2, 0.25) is 0 Å². The molecule has 1 atom stereocenters. The molecule has 8 heavy (non-hydrogen) atoms. The molecule has 1 N–H and O–H groups in total. The summed E-state index contributed by atoms with van der Waals surface area (Å²) in [5.41, 5.74) is 0. The van der Waals surface area contributed by atoms with Crippen molar-refractivity contribution in [3.63, 3.8) is 0 Å². The second-order valence-corrected chi connectivity index (χ2v) is 2.95. The Hall–Kier alpha value is 0.390. The maximum atomic E-state index is 3.07. The lowest BCUT2D eigenvalue weighted by molar-refractivity contribution is 0.662. The van der Waals surface area contributed by atoms with Crippen LogP contribution in [0, 0.1) is 5.92 Å². The summed E-state index contributed by atoms with van der Waals surface area (Å²) < 4.78 is 0. The molecule has 0 aromatic rings. The molecule has 1 fully saturated rings. The summed E-state index contributed by atoms with van der Waals surface area (Å²) >= 11 is 0. The Labute approximate surface area is 53.5 Å². The zero-order valence-corrected chi connectivity index (χ0v) is 6.34. The van der Waals surface area contributed by atoms with Crippen LogP contribution < -0.4 is 5.09 Å². The minimum absolute atomic E-state index is 1.10. The molecule has 48 valence electrons. The summed E-state index contributed by atoms with van der Waals surface area (Å²) in [6.07, 6.45) is 5.79. The Balaban J connectivity index is 1.74. The molecule has 0 spiro atoms. The topological polar surface area (TPSA) is 12.0 Å². The highest BCUT2D eigenvalue weighted by molar-refractivity contribution is 7.13. The number of rotatable bonds is 4. The molecule has 0 saturated heterocycles. The van der Waals surface area contributed by atoms with Gasteiger partial charge in [-0.2, -0.15) is 0 Å². The van der Waals surface area contributed by atoms with Crippen LogP contribution in [-0.2, 0) is 0 Å². The van der Waals surface area contributed by atoms with Gasteiger partial charge in [-0.1, -0.05) is 22.2 Å². The highest BCUT2D eigenvalue weighted by Gasteiger charge is 2.19. The molecule has 0 aromatic carbocycles. The van der Waals surface area contributed by atoms with E-state index in [9.17, 15) is 0 Å². The van der Waals surface area contributed by atoms with E-state index in [0.29, 0.717) is 0 Å². The first-order valence-corrected chi connectivity index (χ1v) is 3.94. The number of hydrogen-bond donors (Lipinski definition) is 1. The van der Waals surface area contributed by atoms with E-state index in [0.717, 1.165) is 5.92 Å². The molecule has 1 aliphatic carbocycles. The maximum absolute atomic E-state index is 3.07. The molecule has 0 aromatic heterocycles.